The Morgan fingerprint density at radius 2 is 1.88 bits per heavy atom. The third-order valence-electron chi connectivity index (χ3n) is 7.64. The van der Waals surface area contributed by atoms with Gasteiger partial charge in [0.2, 0.25) is 0 Å². The highest BCUT2D eigenvalue weighted by molar-refractivity contribution is 6.07. The molecule has 0 radical (unpaired) electrons. The van der Waals surface area contributed by atoms with Gasteiger partial charge in [-0.25, -0.2) is 14.6 Å². The van der Waals surface area contributed by atoms with E-state index in [4.69, 9.17) is 20.2 Å². The SMILES string of the molecule is COc1ccc2c(c1)CCc1cnc(-n3cc(C(=O)Nc4ccc(NCCC5CCOCC5)cc4)c(N)n3)nc1-2. The van der Waals surface area contributed by atoms with Gasteiger partial charge in [0.15, 0.2) is 5.82 Å². The van der Waals surface area contributed by atoms with Crippen LogP contribution in [0.1, 0.15) is 40.7 Å². The molecule has 4 aromatic rings. The lowest BCUT2D eigenvalue weighted by Gasteiger charge is -2.22. The summed E-state index contributed by atoms with van der Waals surface area (Å²) in [4.78, 5) is 22.3. The molecular weight excluding hydrogens is 506 g/mol. The van der Waals surface area contributed by atoms with Crippen LogP contribution in [-0.4, -0.2) is 52.5 Å². The minimum atomic E-state index is -0.348. The molecule has 1 fully saturated rings. The van der Waals surface area contributed by atoms with Crippen LogP contribution >= 0.6 is 0 Å². The van der Waals surface area contributed by atoms with Gasteiger partial charge in [0, 0.05) is 49.1 Å². The molecule has 40 heavy (non-hydrogen) atoms. The minimum absolute atomic E-state index is 0.107. The van der Waals surface area contributed by atoms with E-state index >= 15 is 0 Å². The largest absolute Gasteiger partial charge is 0.497 e. The van der Waals surface area contributed by atoms with Gasteiger partial charge in [-0.2, -0.15) is 0 Å². The first-order valence-electron chi connectivity index (χ1n) is 13.7. The summed E-state index contributed by atoms with van der Waals surface area (Å²) in [7, 11) is 1.66. The molecule has 1 saturated heterocycles. The van der Waals surface area contributed by atoms with E-state index in [2.05, 4.69) is 20.7 Å². The topological polar surface area (TPSA) is 129 Å². The third-order valence-corrected chi connectivity index (χ3v) is 7.64. The van der Waals surface area contributed by atoms with Crippen molar-refractivity contribution in [1.29, 1.82) is 0 Å². The lowest BCUT2D eigenvalue weighted by Crippen LogP contribution is -2.18. The van der Waals surface area contributed by atoms with Crippen LogP contribution in [-0.2, 0) is 17.6 Å². The quantitative estimate of drug-likeness (QED) is 0.299. The molecular formula is C30H33N7O3. The molecule has 206 valence electrons. The van der Waals surface area contributed by atoms with E-state index in [9.17, 15) is 4.79 Å². The number of carbonyl (C=O) groups is 1. The maximum Gasteiger partial charge on any atom is 0.261 e. The van der Waals surface area contributed by atoms with Crippen molar-refractivity contribution < 1.29 is 14.3 Å². The highest BCUT2D eigenvalue weighted by Crippen LogP contribution is 2.34. The van der Waals surface area contributed by atoms with E-state index < -0.39 is 0 Å². The summed E-state index contributed by atoms with van der Waals surface area (Å²) in [5.74, 6) is 1.65. The van der Waals surface area contributed by atoms with Gasteiger partial charge < -0.3 is 25.8 Å². The molecule has 4 N–H and O–H groups in total. The van der Waals surface area contributed by atoms with Crippen LogP contribution in [0.3, 0.4) is 0 Å². The number of amides is 1. The minimum Gasteiger partial charge on any atom is -0.497 e. The Balaban J connectivity index is 1.12. The second kappa shape index (κ2) is 11.4. The molecule has 3 heterocycles. The third kappa shape index (κ3) is 5.48. The number of nitrogens with zero attached hydrogens (tertiary/aromatic N) is 4. The Bertz CT molecular complexity index is 1510. The molecule has 6 rings (SSSR count). The van der Waals surface area contributed by atoms with E-state index in [1.807, 2.05) is 48.7 Å². The van der Waals surface area contributed by atoms with E-state index in [1.54, 1.807) is 13.3 Å². The zero-order valence-electron chi connectivity index (χ0n) is 22.5. The highest BCUT2D eigenvalue weighted by Gasteiger charge is 2.22. The number of hydrogen-bond donors (Lipinski definition) is 3. The molecule has 0 unspecified atom stereocenters. The Labute approximate surface area is 232 Å². The van der Waals surface area contributed by atoms with Gasteiger partial charge in [0.1, 0.15) is 11.3 Å². The first kappa shape index (κ1) is 25.8. The zero-order valence-corrected chi connectivity index (χ0v) is 22.5. The standard InChI is InChI=1S/C30H33N7O3/c1-39-24-8-9-25-20(16-24)2-3-21-17-33-30(35-27(21)25)37-18-26(28(31)36-37)29(38)34-23-6-4-22(5-7-23)32-13-10-19-11-14-40-15-12-19/h4-9,16-19,32H,2-3,10-15H2,1H3,(H2,31,36)(H,34,38). The number of aryl methyl sites for hydroxylation is 2. The maximum absolute atomic E-state index is 13.0. The molecule has 10 nitrogen and oxygen atoms in total. The van der Waals surface area contributed by atoms with Crippen LogP contribution in [0, 0.1) is 5.92 Å². The van der Waals surface area contributed by atoms with Crippen LogP contribution in [0.15, 0.2) is 54.9 Å². The predicted octanol–water partition coefficient (Wildman–Crippen LogP) is 4.50. The number of hydrogen-bond acceptors (Lipinski definition) is 8. The van der Waals surface area contributed by atoms with Gasteiger partial charge in [-0.1, -0.05) is 0 Å². The number of anilines is 3. The fourth-order valence-electron chi connectivity index (χ4n) is 5.32. The number of methoxy groups -OCH3 is 1. The average Bonchev–Trinajstić information content (AvgIpc) is 3.39. The molecule has 0 atom stereocenters. The number of aromatic nitrogens is 4. The lowest BCUT2D eigenvalue weighted by atomic mass is 9.90. The Kier molecular flexibility index (Phi) is 7.33. The summed E-state index contributed by atoms with van der Waals surface area (Å²) in [5.41, 5.74) is 12.2. The molecule has 1 amide bonds. The summed E-state index contributed by atoms with van der Waals surface area (Å²) in [6.45, 7) is 2.65. The van der Waals surface area contributed by atoms with Crippen molar-refractivity contribution in [3.63, 3.8) is 0 Å². The van der Waals surface area contributed by atoms with E-state index in [0.29, 0.717) is 11.6 Å². The molecule has 1 aliphatic carbocycles. The number of carbonyl (C=O) groups excluding carboxylic acids is 1. The number of benzene rings is 2. The molecule has 2 aromatic heterocycles. The second-order valence-corrected chi connectivity index (χ2v) is 10.2. The van der Waals surface area contributed by atoms with Gasteiger partial charge in [-0.3, -0.25) is 4.79 Å². The molecule has 0 bridgehead atoms. The summed E-state index contributed by atoms with van der Waals surface area (Å²) in [6.07, 6.45) is 8.52. The van der Waals surface area contributed by atoms with E-state index in [1.165, 1.54) is 10.2 Å². The van der Waals surface area contributed by atoms with Crippen molar-refractivity contribution in [2.45, 2.75) is 32.1 Å². The number of nitrogens with two attached hydrogens (primary N) is 1. The summed E-state index contributed by atoms with van der Waals surface area (Å²) in [6, 6.07) is 13.7. The number of nitrogens with one attached hydrogen (secondary N) is 2. The van der Waals surface area contributed by atoms with Gasteiger partial charge in [-0.15, -0.1) is 5.10 Å². The average molecular weight is 540 g/mol. The fourth-order valence-corrected chi connectivity index (χ4v) is 5.32. The first-order valence-corrected chi connectivity index (χ1v) is 13.7. The van der Waals surface area contributed by atoms with Gasteiger partial charge in [0.25, 0.3) is 11.9 Å². The zero-order chi connectivity index (χ0) is 27.5. The Hall–Kier alpha value is -4.44. The van der Waals surface area contributed by atoms with Crippen molar-refractivity contribution in [1.82, 2.24) is 19.7 Å². The van der Waals surface area contributed by atoms with Gasteiger partial charge in [0.05, 0.1) is 12.8 Å². The van der Waals surface area contributed by atoms with Crippen molar-refractivity contribution >= 4 is 23.1 Å². The molecule has 1 aliphatic heterocycles. The fraction of sp³-hybridized carbons (Fsp3) is 0.333. The lowest BCUT2D eigenvalue weighted by molar-refractivity contribution is 0.0649. The van der Waals surface area contributed by atoms with E-state index in [-0.39, 0.29) is 17.3 Å². The Morgan fingerprint density at radius 1 is 1.10 bits per heavy atom. The maximum atomic E-state index is 13.0. The summed E-state index contributed by atoms with van der Waals surface area (Å²) >= 11 is 0. The summed E-state index contributed by atoms with van der Waals surface area (Å²) < 4.78 is 12.3. The van der Waals surface area contributed by atoms with Gasteiger partial charge in [-0.05, 0) is 91.6 Å². The van der Waals surface area contributed by atoms with Crippen LogP contribution in [0.4, 0.5) is 17.2 Å². The second-order valence-electron chi connectivity index (χ2n) is 10.2. The molecule has 2 aliphatic rings. The molecule has 10 heteroatoms. The summed E-state index contributed by atoms with van der Waals surface area (Å²) in [5, 5.41) is 10.7. The predicted molar refractivity (Wildman–Crippen MR) is 154 cm³/mol. The molecule has 2 aromatic carbocycles. The van der Waals surface area contributed by atoms with Crippen molar-refractivity contribution in [3.05, 3.63) is 71.5 Å². The number of ether oxygens (including phenoxy) is 2. The Morgan fingerprint density at radius 3 is 2.67 bits per heavy atom. The van der Waals surface area contributed by atoms with E-state index in [0.717, 1.165) is 86.0 Å². The van der Waals surface area contributed by atoms with Gasteiger partial charge >= 0.3 is 0 Å². The monoisotopic (exact) mass is 539 g/mol. The number of fused-ring (bicyclic) bond motifs is 3. The smallest absolute Gasteiger partial charge is 0.261 e. The number of nitrogen functional groups attached to an aromatic ring is 1. The van der Waals surface area contributed by atoms with Crippen LogP contribution in [0.25, 0.3) is 17.2 Å². The highest BCUT2D eigenvalue weighted by atomic mass is 16.5. The molecule has 0 spiro atoms. The van der Waals surface area contributed by atoms with Crippen molar-refractivity contribution in [2.24, 2.45) is 5.92 Å². The van der Waals surface area contributed by atoms with Crippen molar-refractivity contribution in [3.8, 4) is 23.0 Å². The van der Waals surface area contributed by atoms with Crippen LogP contribution < -0.4 is 21.1 Å². The number of rotatable bonds is 8. The van der Waals surface area contributed by atoms with Crippen LogP contribution in [0.5, 0.6) is 5.75 Å². The van der Waals surface area contributed by atoms with Crippen molar-refractivity contribution in [2.75, 3.05) is 43.2 Å². The van der Waals surface area contributed by atoms with Crippen LogP contribution in [0.2, 0.25) is 0 Å². The first-order chi connectivity index (χ1) is 19.6. The normalized spacial score (nSPS) is 14.7. The molecule has 0 saturated carbocycles.